The second-order valence-electron chi connectivity index (χ2n) is 5.35. The van der Waals surface area contributed by atoms with Crippen molar-refractivity contribution >= 4 is 51.7 Å². The zero-order valence-electron chi connectivity index (χ0n) is 13.5. The smallest absolute Gasteiger partial charge is 0.240 e. The molecule has 0 aromatic heterocycles. The molecular formula is C16H19ClN4O2S. The van der Waals surface area contributed by atoms with Crippen LogP contribution in [0.5, 0.6) is 0 Å². The summed E-state index contributed by atoms with van der Waals surface area (Å²) in [5.74, 6) is -0.467. The summed E-state index contributed by atoms with van der Waals surface area (Å²) in [5, 5.41) is 14.0. The summed E-state index contributed by atoms with van der Waals surface area (Å²) in [6.07, 6.45) is 1.92. The van der Waals surface area contributed by atoms with E-state index in [0.717, 1.165) is 18.6 Å². The van der Waals surface area contributed by atoms with Crippen LogP contribution in [0.2, 0.25) is 5.02 Å². The summed E-state index contributed by atoms with van der Waals surface area (Å²) in [5.41, 5.74) is 1.55. The summed E-state index contributed by atoms with van der Waals surface area (Å²) in [6.45, 7) is 3.96. The van der Waals surface area contributed by atoms with Gasteiger partial charge in [0.15, 0.2) is 5.17 Å². The predicted octanol–water partition coefficient (Wildman–Crippen LogP) is 3.43. The van der Waals surface area contributed by atoms with Crippen LogP contribution in [0.15, 0.2) is 34.5 Å². The van der Waals surface area contributed by atoms with Crippen molar-refractivity contribution in [3.63, 3.8) is 0 Å². The minimum Gasteiger partial charge on any atom is -0.326 e. The van der Waals surface area contributed by atoms with Gasteiger partial charge in [-0.1, -0.05) is 36.7 Å². The first-order valence-electron chi connectivity index (χ1n) is 7.62. The van der Waals surface area contributed by atoms with Crippen molar-refractivity contribution in [2.75, 3.05) is 5.32 Å². The molecule has 1 saturated heterocycles. The van der Waals surface area contributed by atoms with Crippen molar-refractivity contribution in [2.24, 2.45) is 10.2 Å². The lowest BCUT2D eigenvalue weighted by atomic mass is 10.2. The molecular weight excluding hydrogens is 348 g/mol. The number of carbonyl (C=O) groups excluding carboxylic acids is 2. The van der Waals surface area contributed by atoms with Crippen LogP contribution in [0.4, 0.5) is 5.69 Å². The van der Waals surface area contributed by atoms with Gasteiger partial charge in [-0.05, 0) is 37.6 Å². The molecule has 1 aliphatic rings. The Labute approximate surface area is 150 Å². The van der Waals surface area contributed by atoms with Gasteiger partial charge >= 0.3 is 0 Å². The van der Waals surface area contributed by atoms with Gasteiger partial charge in [0.2, 0.25) is 11.8 Å². The third-order valence-corrected chi connectivity index (χ3v) is 4.52. The van der Waals surface area contributed by atoms with Gasteiger partial charge in [-0.2, -0.15) is 5.10 Å². The van der Waals surface area contributed by atoms with Crippen LogP contribution in [-0.2, 0) is 9.59 Å². The van der Waals surface area contributed by atoms with Crippen molar-refractivity contribution in [1.29, 1.82) is 0 Å². The summed E-state index contributed by atoms with van der Waals surface area (Å²) in [6, 6.07) is 6.80. The molecule has 0 radical (unpaired) electrons. The third-order valence-electron chi connectivity index (χ3n) is 3.20. The zero-order valence-corrected chi connectivity index (χ0v) is 15.1. The minimum absolute atomic E-state index is 0.0653. The molecule has 0 aliphatic carbocycles. The number of nitrogens with zero attached hydrogens (tertiary/aromatic N) is 2. The molecule has 1 aromatic carbocycles. The van der Waals surface area contributed by atoms with Gasteiger partial charge in [-0.25, -0.2) is 0 Å². The number of benzene rings is 1. The van der Waals surface area contributed by atoms with Crippen LogP contribution < -0.4 is 10.6 Å². The molecule has 1 aromatic rings. The molecule has 1 aliphatic heterocycles. The molecule has 2 N–H and O–H groups in total. The second-order valence-corrected chi connectivity index (χ2v) is 6.97. The first kappa shape index (κ1) is 18.5. The first-order valence-corrected chi connectivity index (χ1v) is 8.87. The van der Waals surface area contributed by atoms with Crippen molar-refractivity contribution < 1.29 is 9.59 Å². The van der Waals surface area contributed by atoms with Gasteiger partial charge in [0.1, 0.15) is 5.25 Å². The molecule has 8 heteroatoms. The predicted molar refractivity (Wildman–Crippen MR) is 99.7 cm³/mol. The molecule has 2 amide bonds. The SMILES string of the molecule is CCC/C(C)=N\N=C1/NC(=O)C(CC(=O)Nc2ccc(Cl)cc2)S1. The standard InChI is InChI=1S/C16H19ClN4O2S/c1-3-4-10(2)20-21-16-19-15(23)13(24-16)9-14(22)18-12-7-5-11(17)6-8-12/h5-8,13H,3-4,9H2,1-2H3,(H,18,22)(H,19,21,23)/b20-10-. The Bertz CT molecular complexity index is 673. The van der Waals surface area contributed by atoms with E-state index in [4.69, 9.17) is 11.6 Å². The lowest BCUT2D eigenvalue weighted by molar-refractivity contribution is -0.122. The Morgan fingerprint density at radius 1 is 1.38 bits per heavy atom. The Kier molecular flexibility index (Phi) is 6.81. The first-order chi connectivity index (χ1) is 11.5. The van der Waals surface area contributed by atoms with E-state index in [-0.39, 0.29) is 18.2 Å². The molecule has 1 unspecified atom stereocenters. The number of thioether (sulfide) groups is 1. The molecule has 0 saturated carbocycles. The quantitative estimate of drug-likeness (QED) is 0.597. The van der Waals surface area contributed by atoms with Gasteiger partial charge in [-0.3, -0.25) is 9.59 Å². The van der Waals surface area contributed by atoms with Crippen molar-refractivity contribution in [3.8, 4) is 0 Å². The Morgan fingerprint density at radius 3 is 2.75 bits per heavy atom. The van der Waals surface area contributed by atoms with E-state index in [1.807, 2.05) is 6.92 Å². The third kappa shape index (κ3) is 5.65. The van der Waals surface area contributed by atoms with Crippen LogP contribution in [0.3, 0.4) is 0 Å². The molecule has 1 atom stereocenters. The number of rotatable bonds is 6. The zero-order chi connectivity index (χ0) is 17.5. The lowest BCUT2D eigenvalue weighted by Gasteiger charge is -2.07. The van der Waals surface area contributed by atoms with E-state index in [0.29, 0.717) is 15.9 Å². The maximum absolute atomic E-state index is 12.1. The van der Waals surface area contributed by atoms with Crippen molar-refractivity contribution in [2.45, 2.75) is 38.4 Å². The highest BCUT2D eigenvalue weighted by Crippen LogP contribution is 2.23. The maximum Gasteiger partial charge on any atom is 0.240 e. The van der Waals surface area contributed by atoms with E-state index in [2.05, 4.69) is 27.8 Å². The van der Waals surface area contributed by atoms with Crippen LogP contribution in [0.1, 0.15) is 33.1 Å². The Morgan fingerprint density at radius 2 is 2.08 bits per heavy atom. The number of amides is 2. The van der Waals surface area contributed by atoms with E-state index in [9.17, 15) is 9.59 Å². The summed E-state index contributed by atoms with van der Waals surface area (Å²) >= 11 is 7.02. The van der Waals surface area contributed by atoms with E-state index in [1.54, 1.807) is 24.3 Å². The van der Waals surface area contributed by atoms with Gasteiger partial charge in [0.25, 0.3) is 0 Å². The highest BCUT2D eigenvalue weighted by atomic mass is 35.5. The molecule has 128 valence electrons. The number of amidine groups is 1. The highest BCUT2D eigenvalue weighted by molar-refractivity contribution is 8.15. The second kappa shape index (κ2) is 8.84. The maximum atomic E-state index is 12.1. The van der Waals surface area contributed by atoms with Crippen molar-refractivity contribution in [1.82, 2.24) is 5.32 Å². The Balaban J connectivity index is 1.89. The molecule has 2 rings (SSSR count). The van der Waals surface area contributed by atoms with Gasteiger partial charge < -0.3 is 10.6 Å². The number of halogens is 1. The van der Waals surface area contributed by atoms with Crippen LogP contribution >= 0.6 is 23.4 Å². The van der Waals surface area contributed by atoms with E-state index < -0.39 is 5.25 Å². The molecule has 0 spiro atoms. The summed E-state index contributed by atoms with van der Waals surface area (Å²) < 4.78 is 0. The van der Waals surface area contributed by atoms with Crippen LogP contribution in [-0.4, -0.2) is 27.9 Å². The number of hydrogen-bond acceptors (Lipinski definition) is 5. The normalized spacial score (nSPS) is 19.5. The van der Waals surface area contributed by atoms with Crippen LogP contribution in [0, 0.1) is 0 Å². The molecule has 1 fully saturated rings. The van der Waals surface area contributed by atoms with Gasteiger partial charge in [0, 0.05) is 22.8 Å². The minimum atomic E-state index is -0.502. The van der Waals surface area contributed by atoms with E-state index >= 15 is 0 Å². The number of nitrogens with one attached hydrogen (secondary N) is 2. The molecule has 0 bridgehead atoms. The van der Waals surface area contributed by atoms with Gasteiger partial charge in [-0.15, -0.1) is 5.10 Å². The molecule has 1 heterocycles. The Hall–Kier alpha value is -1.86. The molecule has 6 nitrogen and oxygen atoms in total. The summed E-state index contributed by atoms with van der Waals surface area (Å²) in [4.78, 5) is 24.0. The average Bonchev–Trinajstić information content (AvgIpc) is 2.88. The monoisotopic (exact) mass is 366 g/mol. The average molecular weight is 367 g/mol. The number of anilines is 1. The molecule has 24 heavy (non-hydrogen) atoms. The van der Waals surface area contributed by atoms with Crippen LogP contribution in [0.25, 0.3) is 0 Å². The highest BCUT2D eigenvalue weighted by Gasteiger charge is 2.32. The van der Waals surface area contributed by atoms with Gasteiger partial charge in [0.05, 0.1) is 0 Å². The van der Waals surface area contributed by atoms with Crippen molar-refractivity contribution in [3.05, 3.63) is 29.3 Å². The fourth-order valence-corrected chi connectivity index (χ4v) is 3.09. The topological polar surface area (TPSA) is 82.9 Å². The largest absolute Gasteiger partial charge is 0.326 e. The number of carbonyl (C=O) groups is 2. The number of hydrogen-bond donors (Lipinski definition) is 2. The summed E-state index contributed by atoms with van der Waals surface area (Å²) in [7, 11) is 0. The lowest BCUT2D eigenvalue weighted by Crippen LogP contribution is -2.28. The van der Waals surface area contributed by atoms with E-state index in [1.165, 1.54) is 11.8 Å². The fourth-order valence-electron chi connectivity index (χ4n) is 2.04. The fraction of sp³-hybridized carbons (Fsp3) is 0.375.